The summed E-state index contributed by atoms with van der Waals surface area (Å²) in [6, 6.07) is 0. The summed E-state index contributed by atoms with van der Waals surface area (Å²) < 4.78 is 5.36. The van der Waals surface area contributed by atoms with E-state index >= 15 is 0 Å². The lowest BCUT2D eigenvalue weighted by Gasteiger charge is -2.26. The summed E-state index contributed by atoms with van der Waals surface area (Å²) in [4.78, 5) is 11.5. The molecule has 0 radical (unpaired) electrons. The number of ether oxygens (including phenoxy) is 1. The van der Waals surface area contributed by atoms with Crippen LogP contribution in [0.3, 0.4) is 0 Å². The van der Waals surface area contributed by atoms with Gasteiger partial charge in [-0.2, -0.15) is 0 Å². The highest BCUT2D eigenvalue weighted by Gasteiger charge is 2.11. The van der Waals surface area contributed by atoms with E-state index in [4.69, 9.17) is 4.74 Å². The topological polar surface area (TPSA) is 62.3 Å². The van der Waals surface area contributed by atoms with Crippen molar-refractivity contribution in [1.29, 1.82) is 0 Å². The highest BCUT2D eigenvalue weighted by molar-refractivity contribution is 5.56. The van der Waals surface area contributed by atoms with Gasteiger partial charge in [0.2, 0.25) is 0 Å². The van der Waals surface area contributed by atoms with E-state index in [1.54, 1.807) is 0 Å². The number of aryl methyl sites for hydroxylation is 1. The number of anilines is 2. The average Bonchev–Trinajstić information content (AvgIpc) is 2.54. The van der Waals surface area contributed by atoms with Crippen LogP contribution in [0.1, 0.15) is 24.7 Å². The molecular weight excluding hydrogens is 266 g/mol. The van der Waals surface area contributed by atoms with E-state index < -0.39 is 0 Å². The number of hydrogen-bond acceptors (Lipinski definition) is 6. The number of hydrogen-bond donors (Lipinski definition) is 2. The Morgan fingerprint density at radius 3 is 2.57 bits per heavy atom. The van der Waals surface area contributed by atoms with Crippen LogP contribution in [0.25, 0.3) is 0 Å². The van der Waals surface area contributed by atoms with E-state index in [0.717, 1.165) is 75.3 Å². The minimum Gasteiger partial charge on any atom is -0.379 e. The fraction of sp³-hybridized carbons (Fsp3) is 0.733. The van der Waals surface area contributed by atoms with Crippen LogP contribution < -0.4 is 10.6 Å². The fourth-order valence-electron chi connectivity index (χ4n) is 2.47. The molecule has 6 nitrogen and oxygen atoms in total. The lowest BCUT2D eigenvalue weighted by Crippen LogP contribution is -2.37. The molecule has 2 rings (SSSR count). The molecule has 0 bridgehead atoms. The quantitative estimate of drug-likeness (QED) is 0.743. The summed E-state index contributed by atoms with van der Waals surface area (Å²) in [5, 5.41) is 6.59. The van der Waals surface area contributed by atoms with E-state index in [-0.39, 0.29) is 0 Å². The molecule has 0 amide bonds. The molecule has 0 atom stereocenters. The number of rotatable bonds is 7. The van der Waals surface area contributed by atoms with Crippen molar-refractivity contribution in [3.8, 4) is 0 Å². The lowest BCUT2D eigenvalue weighted by molar-refractivity contribution is 0.0378. The summed E-state index contributed by atoms with van der Waals surface area (Å²) in [5.74, 6) is 2.74. The molecule has 0 unspecified atom stereocenters. The van der Waals surface area contributed by atoms with Gasteiger partial charge < -0.3 is 15.4 Å². The minimum absolute atomic E-state index is 0.845. The number of aromatic nitrogens is 2. The van der Waals surface area contributed by atoms with Crippen molar-refractivity contribution in [3.05, 3.63) is 11.4 Å². The van der Waals surface area contributed by atoms with Crippen molar-refractivity contribution < 1.29 is 4.74 Å². The van der Waals surface area contributed by atoms with E-state index in [0.29, 0.717) is 0 Å². The van der Waals surface area contributed by atoms with Crippen LogP contribution in [0, 0.1) is 6.92 Å². The predicted molar refractivity (Wildman–Crippen MR) is 86.1 cm³/mol. The zero-order chi connectivity index (χ0) is 15.1. The molecule has 2 N–H and O–H groups in total. The summed E-state index contributed by atoms with van der Waals surface area (Å²) in [6.07, 6.45) is 1.96. The molecule has 1 aliphatic rings. The predicted octanol–water partition coefficient (Wildman–Crippen LogP) is 1.52. The SMILES string of the molecule is CCc1nc(NC)c(C)c(NCCCN2CCOCC2)n1. The zero-order valence-electron chi connectivity index (χ0n) is 13.4. The van der Waals surface area contributed by atoms with Crippen molar-refractivity contribution in [2.45, 2.75) is 26.7 Å². The first-order chi connectivity index (χ1) is 10.2. The monoisotopic (exact) mass is 293 g/mol. The maximum atomic E-state index is 5.36. The van der Waals surface area contributed by atoms with Crippen molar-refractivity contribution in [1.82, 2.24) is 14.9 Å². The summed E-state index contributed by atoms with van der Waals surface area (Å²) in [7, 11) is 1.90. The molecule has 1 aliphatic heterocycles. The van der Waals surface area contributed by atoms with Gasteiger partial charge in [-0.15, -0.1) is 0 Å². The van der Waals surface area contributed by atoms with Crippen LogP contribution >= 0.6 is 0 Å². The van der Waals surface area contributed by atoms with Crippen LogP contribution in [-0.4, -0.2) is 61.3 Å². The minimum atomic E-state index is 0.845. The van der Waals surface area contributed by atoms with Crippen molar-refractivity contribution in [2.75, 3.05) is 57.1 Å². The second kappa shape index (κ2) is 8.14. The molecule has 2 heterocycles. The summed E-state index contributed by atoms with van der Waals surface area (Å²) in [5.41, 5.74) is 1.08. The molecule has 6 heteroatoms. The van der Waals surface area contributed by atoms with Gasteiger partial charge in [-0.25, -0.2) is 9.97 Å². The highest BCUT2D eigenvalue weighted by Crippen LogP contribution is 2.19. The third-order valence-corrected chi connectivity index (χ3v) is 3.79. The normalized spacial score (nSPS) is 16.0. The number of nitrogens with zero attached hydrogens (tertiary/aromatic N) is 3. The number of nitrogens with one attached hydrogen (secondary N) is 2. The Labute approximate surface area is 127 Å². The fourth-order valence-corrected chi connectivity index (χ4v) is 2.47. The first-order valence-electron chi connectivity index (χ1n) is 7.83. The Morgan fingerprint density at radius 2 is 1.90 bits per heavy atom. The van der Waals surface area contributed by atoms with Gasteiger partial charge >= 0.3 is 0 Å². The Bertz CT molecular complexity index is 446. The molecule has 0 saturated carbocycles. The van der Waals surface area contributed by atoms with Crippen LogP contribution in [-0.2, 0) is 11.2 Å². The molecule has 0 spiro atoms. The van der Waals surface area contributed by atoms with Gasteiger partial charge in [-0.05, 0) is 19.9 Å². The molecule has 118 valence electrons. The van der Waals surface area contributed by atoms with Gasteiger partial charge in [-0.3, -0.25) is 4.90 Å². The van der Waals surface area contributed by atoms with Crippen molar-refractivity contribution in [2.24, 2.45) is 0 Å². The van der Waals surface area contributed by atoms with Gasteiger partial charge in [0, 0.05) is 38.7 Å². The smallest absolute Gasteiger partial charge is 0.134 e. The Kier molecular flexibility index (Phi) is 6.20. The van der Waals surface area contributed by atoms with E-state index in [1.165, 1.54) is 0 Å². The standard InChI is InChI=1S/C15H27N5O/c1-4-13-18-14(16-3)12(2)15(19-13)17-6-5-7-20-8-10-21-11-9-20/h4-11H2,1-3H3,(H2,16,17,18,19). The molecule has 1 fully saturated rings. The van der Waals surface area contributed by atoms with E-state index in [1.807, 2.05) is 7.05 Å². The zero-order valence-corrected chi connectivity index (χ0v) is 13.4. The molecule has 0 aromatic carbocycles. The van der Waals surface area contributed by atoms with E-state index in [2.05, 4.69) is 39.3 Å². The van der Waals surface area contributed by atoms with Gasteiger partial charge in [0.15, 0.2) is 0 Å². The average molecular weight is 293 g/mol. The Balaban J connectivity index is 1.84. The van der Waals surface area contributed by atoms with Crippen molar-refractivity contribution >= 4 is 11.6 Å². The van der Waals surface area contributed by atoms with Crippen molar-refractivity contribution in [3.63, 3.8) is 0 Å². The first-order valence-corrected chi connectivity index (χ1v) is 7.83. The van der Waals surface area contributed by atoms with Crippen LogP contribution in [0.4, 0.5) is 11.6 Å². The molecular formula is C15H27N5O. The third-order valence-electron chi connectivity index (χ3n) is 3.79. The molecule has 0 aliphatic carbocycles. The maximum Gasteiger partial charge on any atom is 0.134 e. The lowest BCUT2D eigenvalue weighted by atomic mass is 10.2. The van der Waals surface area contributed by atoms with Gasteiger partial charge in [0.05, 0.1) is 13.2 Å². The third kappa shape index (κ3) is 4.54. The number of morpholine rings is 1. The van der Waals surface area contributed by atoms with E-state index in [9.17, 15) is 0 Å². The first kappa shape index (κ1) is 16.0. The van der Waals surface area contributed by atoms with Crippen LogP contribution in [0.5, 0.6) is 0 Å². The Hall–Kier alpha value is -1.40. The Morgan fingerprint density at radius 1 is 1.19 bits per heavy atom. The van der Waals surface area contributed by atoms with Gasteiger partial charge in [0.1, 0.15) is 17.5 Å². The highest BCUT2D eigenvalue weighted by atomic mass is 16.5. The largest absolute Gasteiger partial charge is 0.379 e. The second-order valence-corrected chi connectivity index (χ2v) is 5.30. The molecule has 1 aromatic heterocycles. The molecule has 1 saturated heterocycles. The van der Waals surface area contributed by atoms with Crippen LogP contribution in [0.2, 0.25) is 0 Å². The summed E-state index contributed by atoms with van der Waals surface area (Å²) >= 11 is 0. The van der Waals surface area contributed by atoms with Crippen LogP contribution in [0.15, 0.2) is 0 Å². The summed E-state index contributed by atoms with van der Waals surface area (Å²) in [6.45, 7) is 10.0. The second-order valence-electron chi connectivity index (χ2n) is 5.30. The molecule has 21 heavy (non-hydrogen) atoms. The van der Waals surface area contributed by atoms with Gasteiger partial charge in [0.25, 0.3) is 0 Å². The van der Waals surface area contributed by atoms with Gasteiger partial charge in [-0.1, -0.05) is 6.92 Å². The molecule has 1 aromatic rings. The maximum absolute atomic E-state index is 5.36.